The number of carbonyl (C=O) groups is 2. The fourth-order valence-electron chi connectivity index (χ4n) is 3.49. The molecule has 2 aromatic carbocycles. The van der Waals surface area contributed by atoms with Gasteiger partial charge in [0.15, 0.2) is 11.2 Å². The first-order valence-corrected chi connectivity index (χ1v) is 10.9. The molecule has 154 valence electrons. The number of thiazole rings is 1. The molecule has 0 bridgehead atoms. The number of fused-ring (bicyclic) bond motifs is 1. The number of ether oxygens (including phenoxy) is 1. The lowest BCUT2D eigenvalue weighted by molar-refractivity contribution is -0.125. The van der Waals surface area contributed by atoms with Crippen molar-refractivity contribution in [2.24, 2.45) is 0 Å². The second kappa shape index (κ2) is 8.40. The van der Waals surface area contributed by atoms with Gasteiger partial charge in [-0.15, -0.1) is 11.3 Å². The average molecular weight is 421 g/mol. The first-order valence-electron chi connectivity index (χ1n) is 10.0. The van der Waals surface area contributed by atoms with E-state index in [1.165, 1.54) is 22.5 Å². The molecule has 1 aromatic heterocycles. The summed E-state index contributed by atoms with van der Waals surface area (Å²) in [6, 6.07) is 14.2. The highest BCUT2D eigenvalue weighted by molar-refractivity contribution is 7.15. The van der Waals surface area contributed by atoms with Crippen molar-refractivity contribution >= 4 is 28.3 Å². The third kappa shape index (κ3) is 4.44. The van der Waals surface area contributed by atoms with Crippen LogP contribution in [-0.4, -0.2) is 23.0 Å². The summed E-state index contributed by atoms with van der Waals surface area (Å²) in [4.78, 5) is 30.3. The van der Waals surface area contributed by atoms with Crippen LogP contribution < -0.4 is 5.32 Å². The Kier molecular flexibility index (Phi) is 5.68. The summed E-state index contributed by atoms with van der Waals surface area (Å²) in [5, 5.41) is 3.31. The number of carbonyl (C=O) groups excluding carboxylic acids is 2. The third-order valence-corrected chi connectivity index (χ3v) is 6.15. The highest BCUT2D eigenvalue weighted by Gasteiger charge is 2.31. The standard InChI is InChI=1S/C24H24N2O3S/c1-14(2)17-8-5-16(6-9-17)11-19-13-25-24(30-19)26-22(27)21-12-18-7-4-15(3)10-20(18)23(28)29-21/h4-10,13-14,21H,11-12H2,1-3H3,(H,25,26,27)/t21-/m0/s1. The van der Waals surface area contributed by atoms with Gasteiger partial charge in [-0.2, -0.15) is 0 Å². The Bertz CT molecular complexity index is 1090. The molecule has 3 aromatic rings. The first-order chi connectivity index (χ1) is 14.4. The molecule has 0 fully saturated rings. The number of benzene rings is 2. The van der Waals surface area contributed by atoms with Crippen LogP contribution in [0.15, 0.2) is 48.7 Å². The van der Waals surface area contributed by atoms with E-state index in [9.17, 15) is 9.59 Å². The molecule has 30 heavy (non-hydrogen) atoms. The van der Waals surface area contributed by atoms with Gasteiger partial charge in [0.25, 0.3) is 5.91 Å². The molecule has 1 amide bonds. The molecule has 5 nitrogen and oxygen atoms in total. The summed E-state index contributed by atoms with van der Waals surface area (Å²) < 4.78 is 5.36. The van der Waals surface area contributed by atoms with Crippen molar-refractivity contribution < 1.29 is 14.3 Å². The number of anilines is 1. The Morgan fingerprint density at radius 1 is 1.23 bits per heavy atom. The highest BCUT2D eigenvalue weighted by Crippen LogP contribution is 2.25. The lowest BCUT2D eigenvalue weighted by atomic mass is 9.96. The maximum atomic E-state index is 12.6. The van der Waals surface area contributed by atoms with Gasteiger partial charge < -0.3 is 4.74 Å². The first kappa shape index (κ1) is 20.3. The Labute approximate surface area is 180 Å². The molecular weight excluding hydrogens is 396 g/mol. The van der Waals surface area contributed by atoms with E-state index in [1.807, 2.05) is 19.1 Å². The van der Waals surface area contributed by atoms with Crippen molar-refractivity contribution in [3.63, 3.8) is 0 Å². The van der Waals surface area contributed by atoms with Crippen LogP contribution in [0.2, 0.25) is 0 Å². The molecule has 0 saturated carbocycles. The van der Waals surface area contributed by atoms with Crippen molar-refractivity contribution in [2.75, 3.05) is 5.32 Å². The van der Waals surface area contributed by atoms with Gasteiger partial charge in [0.1, 0.15) is 0 Å². The van der Waals surface area contributed by atoms with E-state index >= 15 is 0 Å². The number of cyclic esters (lactones) is 1. The Morgan fingerprint density at radius 3 is 2.73 bits per heavy atom. The smallest absolute Gasteiger partial charge is 0.339 e. The zero-order valence-corrected chi connectivity index (χ0v) is 18.1. The number of aryl methyl sites for hydroxylation is 1. The molecule has 0 spiro atoms. The average Bonchev–Trinajstić information content (AvgIpc) is 3.15. The van der Waals surface area contributed by atoms with Gasteiger partial charge in [-0.25, -0.2) is 9.78 Å². The van der Waals surface area contributed by atoms with Crippen LogP contribution in [0.1, 0.15) is 57.3 Å². The molecule has 1 aliphatic rings. The van der Waals surface area contributed by atoms with Crippen LogP contribution in [-0.2, 0) is 22.4 Å². The second-order valence-electron chi connectivity index (χ2n) is 7.95. The molecule has 0 radical (unpaired) electrons. The Balaban J connectivity index is 1.39. The lowest BCUT2D eigenvalue weighted by Gasteiger charge is -2.23. The lowest BCUT2D eigenvalue weighted by Crippen LogP contribution is -2.38. The zero-order chi connectivity index (χ0) is 21.3. The van der Waals surface area contributed by atoms with Crippen LogP contribution in [0.5, 0.6) is 0 Å². The highest BCUT2D eigenvalue weighted by atomic mass is 32.1. The fraction of sp³-hybridized carbons (Fsp3) is 0.292. The molecule has 1 atom stereocenters. The van der Waals surface area contributed by atoms with Crippen LogP contribution >= 0.6 is 11.3 Å². The van der Waals surface area contributed by atoms with Crippen LogP contribution in [0.3, 0.4) is 0 Å². The van der Waals surface area contributed by atoms with Gasteiger partial charge >= 0.3 is 5.97 Å². The summed E-state index contributed by atoms with van der Waals surface area (Å²) >= 11 is 1.44. The molecule has 0 aliphatic carbocycles. The Hall–Kier alpha value is -2.99. The van der Waals surface area contributed by atoms with Gasteiger partial charge in [-0.05, 0) is 35.6 Å². The number of aromatic nitrogens is 1. The van der Waals surface area contributed by atoms with Crippen LogP contribution in [0, 0.1) is 6.92 Å². The quantitative estimate of drug-likeness (QED) is 0.597. The molecule has 4 rings (SSSR count). The van der Waals surface area contributed by atoms with E-state index in [4.69, 9.17) is 4.74 Å². The van der Waals surface area contributed by atoms with Crippen LogP contribution in [0.4, 0.5) is 5.13 Å². The van der Waals surface area contributed by atoms with Gasteiger partial charge in [0.05, 0.1) is 5.56 Å². The Morgan fingerprint density at radius 2 is 2.00 bits per heavy atom. The molecule has 6 heteroatoms. The monoisotopic (exact) mass is 420 g/mol. The fourth-order valence-corrected chi connectivity index (χ4v) is 4.34. The maximum absolute atomic E-state index is 12.6. The van der Waals surface area contributed by atoms with E-state index in [2.05, 4.69) is 48.4 Å². The van der Waals surface area contributed by atoms with E-state index < -0.39 is 12.1 Å². The summed E-state index contributed by atoms with van der Waals surface area (Å²) in [5.41, 5.74) is 4.88. The summed E-state index contributed by atoms with van der Waals surface area (Å²) in [7, 11) is 0. The number of hydrogen-bond donors (Lipinski definition) is 1. The topological polar surface area (TPSA) is 68.3 Å². The molecular formula is C24H24N2O3S. The number of rotatable bonds is 5. The van der Waals surface area contributed by atoms with Crippen molar-refractivity contribution in [2.45, 2.75) is 45.6 Å². The van der Waals surface area contributed by atoms with E-state index in [0.717, 1.165) is 22.4 Å². The van der Waals surface area contributed by atoms with Crippen molar-refractivity contribution in [1.82, 2.24) is 4.98 Å². The summed E-state index contributed by atoms with van der Waals surface area (Å²) in [5.74, 6) is -0.296. The van der Waals surface area contributed by atoms with Gasteiger partial charge in [0.2, 0.25) is 0 Å². The van der Waals surface area contributed by atoms with Crippen molar-refractivity contribution in [3.05, 3.63) is 81.4 Å². The number of nitrogens with one attached hydrogen (secondary N) is 1. The molecule has 1 aliphatic heterocycles. The maximum Gasteiger partial charge on any atom is 0.339 e. The van der Waals surface area contributed by atoms with Gasteiger partial charge in [-0.3, -0.25) is 10.1 Å². The second-order valence-corrected chi connectivity index (χ2v) is 9.07. The van der Waals surface area contributed by atoms with Crippen molar-refractivity contribution in [3.8, 4) is 0 Å². The number of amides is 1. The number of esters is 1. The molecule has 2 heterocycles. The third-order valence-electron chi connectivity index (χ3n) is 5.24. The SMILES string of the molecule is Cc1ccc2c(c1)C(=O)O[C@H](C(=O)Nc1ncc(Cc3ccc(C(C)C)cc3)s1)C2. The minimum Gasteiger partial charge on any atom is -0.448 e. The minimum atomic E-state index is -0.844. The van der Waals surface area contributed by atoms with Gasteiger partial charge in [0, 0.05) is 23.9 Å². The predicted molar refractivity (Wildman–Crippen MR) is 118 cm³/mol. The normalized spacial score (nSPS) is 15.6. The largest absolute Gasteiger partial charge is 0.448 e. The van der Waals surface area contributed by atoms with E-state index in [-0.39, 0.29) is 5.91 Å². The minimum absolute atomic E-state index is 0.350. The molecule has 1 N–H and O–H groups in total. The number of hydrogen-bond acceptors (Lipinski definition) is 5. The van der Waals surface area contributed by atoms with Gasteiger partial charge in [-0.1, -0.05) is 55.8 Å². The number of nitrogens with zero attached hydrogens (tertiary/aromatic N) is 1. The van der Waals surface area contributed by atoms with E-state index in [0.29, 0.717) is 23.0 Å². The summed E-state index contributed by atoms with van der Waals surface area (Å²) in [6.45, 7) is 6.28. The predicted octanol–water partition coefficient (Wildman–Crippen LogP) is 4.89. The zero-order valence-electron chi connectivity index (χ0n) is 17.3. The van der Waals surface area contributed by atoms with E-state index in [1.54, 1.807) is 12.3 Å². The van der Waals surface area contributed by atoms with Crippen molar-refractivity contribution in [1.29, 1.82) is 0 Å². The van der Waals surface area contributed by atoms with Crippen LogP contribution in [0.25, 0.3) is 0 Å². The summed E-state index contributed by atoms with van der Waals surface area (Å²) in [6.07, 6.45) is 2.07. The molecule has 0 saturated heterocycles. The molecule has 0 unspecified atom stereocenters.